The molecule has 1 saturated carbocycles. The standard InChI is InChI=1S/C29H28O8/c30-25-16-23(37-22-3-1-2-4-22)11-12-24(25)28(33)21-9-13-26(20(15-21)10-14-27(31)32)36-17-18-5-7-19(8-6-18)29(34)35/h5-9,11-13,15-16,22,30H,1-4,10,14,17H2,(H,31,32)(H,34,35). The molecule has 0 unspecified atom stereocenters. The molecule has 1 fully saturated rings. The number of aryl methyl sites for hydroxylation is 1. The first-order chi connectivity index (χ1) is 17.8. The summed E-state index contributed by atoms with van der Waals surface area (Å²) < 4.78 is 11.8. The quantitative estimate of drug-likeness (QED) is 0.302. The number of rotatable bonds is 11. The van der Waals surface area contributed by atoms with Crippen LogP contribution in [0.25, 0.3) is 0 Å². The number of ketones is 1. The molecule has 0 aromatic heterocycles. The van der Waals surface area contributed by atoms with Crippen molar-refractivity contribution in [2.75, 3.05) is 0 Å². The number of phenols is 1. The predicted octanol–water partition coefficient (Wildman–Crippen LogP) is 5.24. The second-order valence-corrected chi connectivity index (χ2v) is 9.04. The van der Waals surface area contributed by atoms with Crippen molar-refractivity contribution in [1.82, 2.24) is 0 Å². The number of phenolic OH excluding ortho intramolecular Hbond substituents is 1. The van der Waals surface area contributed by atoms with Gasteiger partial charge in [0, 0.05) is 18.1 Å². The smallest absolute Gasteiger partial charge is 0.335 e. The summed E-state index contributed by atoms with van der Waals surface area (Å²) in [6, 6.07) is 15.6. The molecular formula is C29H28O8. The Balaban J connectivity index is 1.51. The van der Waals surface area contributed by atoms with Crippen molar-refractivity contribution in [1.29, 1.82) is 0 Å². The lowest BCUT2D eigenvalue weighted by atomic mass is 9.98. The highest BCUT2D eigenvalue weighted by molar-refractivity contribution is 6.11. The van der Waals surface area contributed by atoms with E-state index in [9.17, 15) is 19.5 Å². The van der Waals surface area contributed by atoms with Crippen LogP contribution in [0, 0.1) is 0 Å². The Bertz CT molecular complexity index is 1290. The molecule has 0 spiro atoms. The SMILES string of the molecule is O=C(O)CCc1cc(C(=O)c2ccc(OC3CCCC3)cc2O)ccc1OCc1ccc(C(=O)O)cc1. The second kappa shape index (κ2) is 11.6. The van der Waals surface area contributed by atoms with E-state index in [-0.39, 0.29) is 42.4 Å². The van der Waals surface area contributed by atoms with Gasteiger partial charge in [0.25, 0.3) is 0 Å². The minimum absolute atomic E-state index is 0.121. The highest BCUT2D eigenvalue weighted by Crippen LogP contribution is 2.31. The van der Waals surface area contributed by atoms with Crippen LogP contribution in [0.2, 0.25) is 0 Å². The van der Waals surface area contributed by atoms with Gasteiger partial charge in [-0.2, -0.15) is 0 Å². The first kappa shape index (κ1) is 25.8. The summed E-state index contributed by atoms with van der Waals surface area (Å²) in [6.45, 7) is 0.135. The number of aliphatic carboxylic acids is 1. The summed E-state index contributed by atoms with van der Waals surface area (Å²) in [5, 5.41) is 28.7. The van der Waals surface area contributed by atoms with E-state index < -0.39 is 17.7 Å². The fraction of sp³-hybridized carbons (Fsp3) is 0.276. The number of carboxylic acids is 2. The maximum atomic E-state index is 13.2. The van der Waals surface area contributed by atoms with Gasteiger partial charge in [-0.05, 0) is 85.7 Å². The molecule has 37 heavy (non-hydrogen) atoms. The summed E-state index contributed by atoms with van der Waals surface area (Å²) >= 11 is 0. The first-order valence-electron chi connectivity index (χ1n) is 12.1. The van der Waals surface area contributed by atoms with Crippen molar-refractivity contribution in [3.05, 3.63) is 88.5 Å². The average Bonchev–Trinajstić information content (AvgIpc) is 3.39. The maximum absolute atomic E-state index is 13.2. The van der Waals surface area contributed by atoms with Crippen molar-refractivity contribution >= 4 is 17.7 Å². The van der Waals surface area contributed by atoms with Crippen molar-refractivity contribution in [3.8, 4) is 17.2 Å². The van der Waals surface area contributed by atoms with Crippen molar-refractivity contribution in [3.63, 3.8) is 0 Å². The van der Waals surface area contributed by atoms with Gasteiger partial charge < -0.3 is 24.8 Å². The summed E-state index contributed by atoms with van der Waals surface area (Å²) in [4.78, 5) is 35.4. The number of carbonyl (C=O) groups is 3. The average molecular weight is 505 g/mol. The fourth-order valence-corrected chi connectivity index (χ4v) is 4.33. The molecule has 1 aliphatic carbocycles. The largest absolute Gasteiger partial charge is 0.507 e. The fourth-order valence-electron chi connectivity index (χ4n) is 4.33. The molecule has 8 nitrogen and oxygen atoms in total. The van der Waals surface area contributed by atoms with E-state index in [0.717, 1.165) is 31.2 Å². The Morgan fingerprint density at radius 1 is 0.865 bits per heavy atom. The van der Waals surface area contributed by atoms with Crippen LogP contribution in [0.15, 0.2) is 60.7 Å². The van der Waals surface area contributed by atoms with E-state index >= 15 is 0 Å². The molecule has 3 N–H and O–H groups in total. The Morgan fingerprint density at radius 3 is 2.22 bits per heavy atom. The van der Waals surface area contributed by atoms with Crippen LogP contribution in [0.1, 0.15) is 69.5 Å². The van der Waals surface area contributed by atoms with Gasteiger partial charge in [0.05, 0.1) is 17.2 Å². The maximum Gasteiger partial charge on any atom is 0.335 e. The van der Waals surface area contributed by atoms with Crippen molar-refractivity contribution < 1.29 is 39.2 Å². The molecule has 3 aromatic rings. The number of ether oxygens (including phenoxy) is 2. The predicted molar refractivity (Wildman–Crippen MR) is 135 cm³/mol. The molecule has 0 saturated heterocycles. The molecule has 8 heteroatoms. The van der Waals surface area contributed by atoms with Crippen LogP contribution >= 0.6 is 0 Å². The van der Waals surface area contributed by atoms with E-state index in [1.165, 1.54) is 24.3 Å². The van der Waals surface area contributed by atoms with Gasteiger partial charge in [-0.15, -0.1) is 0 Å². The number of carbonyl (C=O) groups excluding carboxylic acids is 1. The van der Waals surface area contributed by atoms with Gasteiger partial charge in [0.15, 0.2) is 5.78 Å². The molecule has 0 bridgehead atoms. The van der Waals surface area contributed by atoms with Crippen LogP contribution in [0.4, 0.5) is 0 Å². The normalized spacial score (nSPS) is 13.3. The zero-order valence-electron chi connectivity index (χ0n) is 20.2. The first-order valence-corrected chi connectivity index (χ1v) is 12.1. The number of carboxylic acid groups (broad SMARTS) is 2. The van der Waals surface area contributed by atoms with E-state index in [1.807, 2.05) is 0 Å². The Labute approximate surface area is 214 Å². The molecule has 3 aromatic carbocycles. The number of hydrogen-bond donors (Lipinski definition) is 3. The molecule has 1 aliphatic rings. The van der Waals surface area contributed by atoms with Crippen LogP contribution in [0.3, 0.4) is 0 Å². The van der Waals surface area contributed by atoms with Crippen LogP contribution in [0.5, 0.6) is 17.2 Å². The molecule has 0 atom stereocenters. The lowest BCUT2D eigenvalue weighted by Crippen LogP contribution is -2.11. The molecule has 0 radical (unpaired) electrons. The van der Waals surface area contributed by atoms with Gasteiger partial charge in [-0.1, -0.05) is 12.1 Å². The minimum atomic E-state index is -1.02. The molecule has 0 amide bonds. The monoisotopic (exact) mass is 504 g/mol. The summed E-state index contributed by atoms with van der Waals surface area (Å²) in [5.41, 5.74) is 1.85. The van der Waals surface area contributed by atoms with Crippen LogP contribution < -0.4 is 9.47 Å². The highest BCUT2D eigenvalue weighted by atomic mass is 16.5. The third-order valence-corrected chi connectivity index (χ3v) is 6.34. The van der Waals surface area contributed by atoms with Crippen molar-refractivity contribution in [2.24, 2.45) is 0 Å². The third kappa shape index (κ3) is 6.67. The number of benzene rings is 3. The lowest BCUT2D eigenvalue weighted by molar-refractivity contribution is -0.136. The lowest BCUT2D eigenvalue weighted by Gasteiger charge is -2.15. The van der Waals surface area contributed by atoms with E-state index in [2.05, 4.69) is 0 Å². The van der Waals surface area contributed by atoms with E-state index in [4.69, 9.17) is 19.7 Å². The minimum Gasteiger partial charge on any atom is -0.507 e. The van der Waals surface area contributed by atoms with Crippen LogP contribution in [-0.2, 0) is 17.8 Å². The molecule has 192 valence electrons. The number of aromatic hydroxyl groups is 1. The highest BCUT2D eigenvalue weighted by Gasteiger charge is 2.20. The number of aromatic carboxylic acids is 1. The van der Waals surface area contributed by atoms with E-state index in [0.29, 0.717) is 22.6 Å². The Morgan fingerprint density at radius 2 is 1.57 bits per heavy atom. The second-order valence-electron chi connectivity index (χ2n) is 9.04. The Kier molecular flexibility index (Phi) is 8.08. The summed E-state index contributed by atoms with van der Waals surface area (Å²) in [7, 11) is 0. The third-order valence-electron chi connectivity index (χ3n) is 6.34. The zero-order chi connectivity index (χ0) is 26.4. The molecule has 4 rings (SSSR count). The van der Waals surface area contributed by atoms with Gasteiger partial charge in [-0.25, -0.2) is 4.79 Å². The van der Waals surface area contributed by atoms with Crippen molar-refractivity contribution in [2.45, 2.75) is 51.2 Å². The topological polar surface area (TPSA) is 130 Å². The summed E-state index contributed by atoms with van der Waals surface area (Å²) in [5.74, 6) is -1.66. The summed E-state index contributed by atoms with van der Waals surface area (Å²) in [6.07, 6.45) is 4.30. The van der Waals surface area contributed by atoms with Gasteiger partial charge >= 0.3 is 11.9 Å². The Hall–Kier alpha value is -4.33. The van der Waals surface area contributed by atoms with Gasteiger partial charge in [0.1, 0.15) is 23.9 Å². The molecular weight excluding hydrogens is 476 g/mol. The van der Waals surface area contributed by atoms with Crippen LogP contribution in [-0.4, -0.2) is 39.1 Å². The molecule has 0 heterocycles. The van der Waals surface area contributed by atoms with E-state index in [1.54, 1.807) is 36.4 Å². The zero-order valence-corrected chi connectivity index (χ0v) is 20.2. The van der Waals surface area contributed by atoms with Gasteiger partial charge in [0.2, 0.25) is 0 Å². The number of hydrogen-bond acceptors (Lipinski definition) is 6. The molecule has 0 aliphatic heterocycles. The van der Waals surface area contributed by atoms with Gasteiger partial charge in [-0.3, -0.25) is 9.59 Å².